The Kier molecular flexibility index (Phi) is 6.65. The molecule has 1 aliphatic rings. The summed E-state index contributed by atoms with van der Waals surface area (Å²) < 4.78 is 64.4. The first-order valence-corrected chi connectivity index (χ1v) is 9.29. The van der Waals surface area contributed by atoms with Gasteiger partial charge >= 0.3 is 18.2 Å². The van der Waals surface area contributed by atoms with E-state index in [1.165, 1.54) is 24.3 Å². The van der Waals surface area contributed by atoms with Crippen LogP contribution in [0.5, 0.6) is 17.4 Å². The largest absolute Gasteiger partial charge is 0.479 e. The zero-order valence-electron chi connectivity index (χ0n) is 16.5. The molecule has 2 heterocycles. The topological polar surface area (TPSA) is 112 Å². The molecule has 3 rings (SSSR count). The van der Waals surface area contributed by atoms with E-state index in [2.05, 4.69) is 4.98 Å². The molecule has 1 unspecified atom stereocenters. The second kappa shape index (κ2) is 9.11. The number of aliphatic hydroxyl groups is 1. The highest BCUT2D eigenvalue weighted by Crippen LogP contribution is 2.38. The fourth-order valence-electron chi connectivity index (χ4n) is 2.78. The van der Waals surface area contributed by atoms with E-state index >= 15 is 0 Å². The number of aromatic nitrogens is 1. The minimum atomic E-state index is -4.95. The number of anilines is 1. The lowest BCUT2D eigenvalue weighted by Crippen LogP contribution is -2.53. The summed E-state index contributed by atoms with van der Waals surface area (Å²) in [5.74, 6) is -3.96. The van der Waals surface area contributed by atoms with Gasteiger partial charge in [-0.3, -0.25) is 4.90 Å². The van der Waals surface area contributed by atoms with Gasteiger partial charge in [0.15, 0.2) is 36.0 Å². The maximum Gasteiger partial charge on any atom is 0.431 e. The standard InChI is InChI=1S/C19H14ClF4N3O6/c1-26-13(19(22,23)24)7-14(28)27(18(26)31)16-10(21)6-9(20)17(25-16)33-12-5-3-2-4-11(12)32-8-15(29)30/h2-7,14,28H,8H2,1H3,(H,29,30). The third-order valence-corrected chi connectivity index (χ3v) is 4.50. The van der Waals surface area contributed by atoms with Crippen molar-refractivity contribution < 1.29 is 46.8 Å². The number of hydrogen-bond acceptors (Lipinski definition) is 6. The van der Waals surface area contributed by atoms with Crippen LogP contribution in [-0.2, 0) is 4.79 Å². The second-order valence-corrected chi connectivity index (χ2v) is 6.89. The molecule has 0 spiro atoms. The summed E-state index contributed by atoms with van der Waals surface area (Å²) >= 11 is 5.96. The van der Waals surface area contributed by atoms with Crippen LogP contribution in [0.2, 0.25) is 5.02 Å². The van der Waals surface area contributed by atoms with Crippen molar-refractivity contribution >= 4 is 29.4 Å². The van der Waals surface area contributed by atoms with E-state index in [0.717, 1.165) is 7.05 Å². The van der Waals surface area contributed by atoms with Crippen molar-refractivity contribution in [3.63, 3.8) is 0 Å². The van der Waals surface area contributed by atoms with Gasteiger partial charge in [0, 0.05) is 13.1 Å². The number of nitrogens with zero attached hydrogens (tertiary/aromatic N) is 3. The molecule has 9 nitrogen and oxygen atoms in total. The van der Waals surface area contributed by atoms with Crippen LogP contribution in [0, 0.1) is 5.82 Å². The number of halogens is 5. The first-order chi connectivity index (χ1) is 15.4. The smallest absolute Gasteiger partial charge is 0.431 e. The van der Waals surface area contributed by atoms with Crippen LogP contribution in [0.15, 0.2) is 42.1 Å². The predicted molar refractivity (Wildman–Crippen MR) is 105 cm³/mol. The van der Waals surface area contributed by atoms with Gasteiger partial charge in [0.25, 0.3) is 0 Å². The summed E-state index contributed by atoms with van der Waals surface area (Å²) in [4.78, 5) is 27.5. The number of pyridine rings is 1. The number of carboxylic acids is 1. The highest BCUT2D eigenvalue weighted by molar-refractivity contribution is 6.32. The predicted octanol–water partition coefficient (Wildman–Crippen LogP) is 3.77. The van der Waals surface area contributed by atoms with Crippen molar-refractivity contribution in [3.05, 3.63) is 52.9 Å². The number of urea groups is 1. The maximum atomic E-state index is 14.6. The molecule has 33 heavy (non-hydrogen) atoms. The molecule has 176 valence electrons. The number of allylic oxidation sites excluding steroid dienone is 1. The summed E-state index contributed by atoms with van der Waals surface area (Å²) in [6.07, 6.45) is -6.84. The fourth-order valence-corrected chi connectivity index (χ4v) is 2.96. The number of rotatable bonds is 6. The molecule has 1 atom stereocenters. The van der Waals surface area contributed by atoms with Crippen LogP contribution in [0.3, 0.4) is 0 Å². The van der Waals surface area contributed by atoms with Crippen LogP contribution in [0.25, 0.3) is 0 Å². The highest BCUT2D eigenvalue weighted by Gasteiger charge is 2.45. The summed E-state index contributed by atoms with van der Waals surface area (Å²) in [5.41, 5.74) is -1.44. The third-order valence-electron chi connectivity index (χ3n) is 4.23. The molecule has 0 saturated heterocycles. The van der Waals surface area contributed by atoms with Crippen molar-refractivity contribution in [2.75, 3.05) is 18.6 Å². The Hall–Kier alpha value is -3.58. The lowest BCUT2D eigenvalue weighted by atomic mass is 10.2. The average molecular weight is 492 g/mol. The molecule has 0 aliphatic carbocycles. The number of carbonyl (C=O) groups is 2. The molecule has 1 aromatic heterocycles. The summed E-state index contributed by atoms with van der Waals surface area (Å²) in [7, 11) is 0.793. The SMILES string of the molecule is CN1C(=O)N(c2nc(Oc3ccccc3OCC(=O)O)c(Cl)cc2F)C(O)C=C1C(F)(F)F. The molecule has 0 fully saturated rings. The zero-order valence-corrected chi connectivity index (χ0v) is 17.3. The fraction of sp³-hybridized carbons (Fsp3) is 0.211. The summed E-state index contributed by atoms with van der Waals surface area (Å²) in [6.45, 7) is -0.703. The van der Waals surface area contributed by atoms with E-state index in [1.807, 2.05) is 0 Å². The molecule has 1 aliphatic heterocycles. The molecule has 2 aromatic rings. The number of para-hydroxylation sites is 2. The lowest BCUT2D eigenvalue weighted by Gasteiger charge is -2.36. The molecule has 1 aromatic carbocycles. The van der Waals surface area contributed by atoms with E-state index < -0.39 is 54.2 Å². The number of aliphatic carboxylic acids is 1. The normalized spacial score (nSPS) is 16.5. The molecule has 2 amide bonds. The number of benzene rings is 1. The second-order valence-electron chi connectivity index (χ2n) is 6.49. The number of ether oxygens (including phenoxy) is 2. The third kappa shape index (κ3) is 5.09. The van der Waals surface area contributed by atoms with E-state index in [1.54, 1.807) is 0 Å². The highest BCUT2D eigenvalue weighted by atomic mass is 35.5. The summed E-state index contributed by atoms with van der Waals surface area (Å²) in [6, 6.07) is 5.00. The van der Waals surface area contributed by atoms with Gasteiger partial charge in [-0.15, -0.1) is 0 Å². The number of hydrogen-bond donors (Lipinski definition) is 2. The van der Waals surface area contributed by atoms with E-state index in [0.29, 0.717) is 12.1 Å². The van der Waals surface area contributed by atoms with Gasteiger partial charge in [-0.2, -0.15) is 18.2 Å². The van der Waals surface area contributed by atoms with Crippen molar-refractivity contribution in [3.8, 4) is 17.4 Å². The molecule has 0 saturated carbocycles. The van der Waals surface area contributed by atoms with E-state index in [9.17, 15) is 32.3 Å². The maximum absolute atomic E-state index is 14.6. The summed E-state index contributed by atoms with van der Waals surface area (Å²) in [5, 5.41) is 18.5. The van der Waals surface area contributed by atoms with Gasteiger partial charge in [0.1, 0.15) is 10.7 Å². The quantitative estimate of drug-likeness (QED) is 0.591. The minimum absolute atomic E-state index is 0.0322. The monoisotopic (exact) mass is 491 g/mol. The molecular weight excluding hydrogens is 478 g/mol. The lowest BCUT2D eigenvalue weighted by molar-refractivity contribution is -0.139. The molecule has 0 bridgehead atoms. The van der Waals surface area contributed by atoms with Gasteiger partial charge in [0.2, 0.25) is 5.88 Å². The van der Waals surface area contributed by atoms with Crippen LogP contribution in [0.4, 0.5) is 28.2 Å². The minimum Gasteiger partial charge on any atom is -0.479 e. The number of carbonyl (C=O) groups excluding carboxylic acids is 1. The van der Waals surface area contributed by atoms with Gasteiger partial charge in [-0.1, -0.05) is 23.7 Å². The van der Waals surface area contributed by atoms with Crippen LogP contribution in [-0.4, -0.2) is 58.2 Å². The van der Waals surface area contributed by atoms with Crippen molar-refractivity contribution in [2.24, 2.45) is 0 Å². The van der Waals surface area contributed by atoms with Gasteiger partial charge in [0.05, 0.1) is 0 Å². The van der Waals surface area contributed by atoms with Crippen molar-refractivity contribution in [1.82, 2.24) is 9.88 Å². The number of amides is 2. The average Bonchev–Trinajstić information content (AvgIpc) is 2.72. The number of alkyl halides is 3. The Morgan fingerprint density at radius 3 is 2.52 bits per heavy atom. The van der Waals surface area contributed by atoms with Crippen LogP contribution in [0.1, 0.15) is 0 Å². The molecule has 2 N–H and O–H groups in total. The number of carboxylic acid groups (broad SMARTS) is 1. The van der Waals surface area contributed by atoms with E-state index in [4.69, 9.17) is 26.2 Å². The van der Waals surface area contributed by atoms with Crippen LogP contribution < -0.4 is 14.4 Å². The Bertz CT molecular complexity index is 1130. The van der Waals surface area contributed by atoms with Crippen molar-refractivity contribution in [1.29, 1.82) is 0 Å². The van der Waals surface area contributed by atoms with E-state index in [-0.39, 0.29) is 26.3 Å². The Morgan fingerprint density at radius 2 is 1.91 bits per heavy atom. The number of aliphatic hydroxyl groups excluding tert-OH is 1. The molecular formula is C19H14ClF4N3O6. The van der Waals surface area contributed by atoms with Gasteiger partial charge in [-0.05, 0) is 18.2 Å². The molecule has 14 heteroatoms. The Labute approximate surface area is 188 Å². The van der Waals surface area contributed by atoms with Gasteiger partial charge in [-0.25, -0.2) is 18.9 Å². The van der Waals surface area contributed by atoms with Crippen LogP contribution >= 0.6 is 11.6 Å². The van der Waals surface area contributed by atoms with Gasteiger partial charge < -0.3 is 19.7 Å². The Morgan fingerprint density at radius 1 is 1.27 bits per heavy atom. The first-order valence-electron chi connectivity index (χ1n) is 8.91. The molecule has 0 radical (unpaired) electrons. The first kappa shape index (κ1) is 24.1. The zero-order chi connectivity index (χ0) is 24.5. The Balaban J connectivity index is 1.99. The van der Waals surface area contributed by atoms with Crippen molar-refractivity contribution in [2.45, 2.75) is 12.4 Å².